The molecule has 66 valence electrons. The fourth-order valence-electron chi connectivity index (χ4n) is 0.916. The molecule has 0 saturated carbocycles. The van der Waals surface area contributed by atoms with E-state index in [1.54, 1.807) is 6.08 Å². The summed E-state index contributed by atoms with van der Waals surface area (Å²) in [4.78, 5) is 10.9. The maximum atomic E-state index is 10.9. The summed E-state index contributed by atoms with van der Waals surface area (Å²) in [7, 11) is 1.35. The topological polar surface area (TPSA) is 38.3 Å². The highest BCUT2D eigenvalue weighted by Gasteiger charge is 2.21. The van der Waals surface area contributed by atoms with Crippen LogP contribution in [0.4, 0.5) is 0 Å². The molecule has 1 aliphatic heterocycles. The Bertz CT molecular complexity index is 242. The lowest BCUT2D eigenvalue weighted by atomic mass is 10.2. The van der Waals surface area contributed by atoms with Gasteiger partial charge in [-0.05, 0) is 6.08 Å². The van der Waals surface area contributed by atoms with Gasteiger partial charge in [0.15, 0.2) is 0 Å². The number of ether oxygens (including phenoxy) is 1. The molecule has 1 heterocycles. The summed E-state index contributed by atoms with van der Waals surface area (Å²) in [6, 6.07) is -0.356. The number of hydrogen-bond acceptors (Lipinski definition) is 3. The van der Waals surface area contributed by atoms with Gasteiger partial charge in [-0.25, -0.2) is 0 Å². The van der Waals surface area contributed by atoms with Crippen molar-refractivity contribution in [3.05, 3.63) is 11.6 Å². The van der Waals surface area contributed by atoms with Gasteiger partial charge in [-0.3, -0.25) is 10.1 Å². The van der Waals surface area contributed by atoms with Gasteiger partial charge in [0, 0.05) is 12.1 Å². The second-order valence-corrected chi connectivity index (χ2v) is 2.22. The van der Waals surface area contributed by atoms with Crippen molar-refractivity contribution in [2.45, 2.75) is 6.04 Å². The van der Waals surface area contributed by atoms with Crippen LogP contribution in [0.5, 0.6) is 0 Å². The number of hydrogen-bond donors (Lipinski definition) is 1. The summed E-state index contributed by atoms with van der Waals surface area (Å²) in [6.07, 6.45) is 6.83. The minimum absolute atomic E-state index is 0. The van der Waals surface area contributed by atoms with E-state index in [9.17, 15) is 4.79 Å². The lowest BCUT2D eigenvalue weighted by molar-refractivity contribution is -0.141. The summed E-state index contributed by atoms with van der Waals surface area (Å²) >= 11 is 0. The third-order valence-electron chi connectivity index (χ3n) is 1.52. The summed E-state index contributed by atoms with van der Waals surface area (Å²) in [5, 5.41) is 2.90. The minimum atomic E-state index is -0.356. The van der Waals surface area contributed by atoms with Crippen molar-refractivity contribution in [2.75, 3.05) is 13.7 Å². The number of terminal acetylenes is 1. The molecule has 3 nitrogen and oxygen atoms in total. The Morgan fingerprint density at radius 3 is 3.00 bits per heavy atom. The molecule has 1 atom stereocenters. The lowest BCUT2D eigenvalue weighted by Gasteiger charge is -2.03. The second kappa shape index (κ2) is 4.81. The molecular formula is C8H10ClNO2. The van der Waals surface area contributed by atoms with E-state index in [-0.39, 0.29) is 24.4 Å². The number of halogens is 1. The number of carbonyl (C=O) groups is 1. The van der Waals surface area contributed by atoms with E-state index in [1.165, 1.54) is 7.11 Å². The van der Waals surface area contributed by atoms with Gasteiger partial charge in [0.25, 0.3) is 0 Å². The maximum Gasteiger partial charge on any atom is 0.326 e. The van der Waals surface area contributed by atoms with Crippen molar-refractivity contribution in [2.24, 2.45) is 0 Å². The molecule has 0 bridgehead atoms. The Morgan fingerprint density at radius 1 is 1.92 bits per heavy atom. The number of esters is 1. The van der Waals surface area contributed by atoms with Gasteiger partial charge in [0.05, 0.1) is 7.11 Å². The molecular weight excluding hydrogens is 178 g/mol. The van der Waals surface area contributed by atoms with Crippen LogP contribution in [0.25, 0.3) is 0 Å². The van der Waals surface area contributed by atoms with Crippen molar-refractivity contribution >= 4 is 18.4 Å². The highest BCUT2D eigenvalue weighted by molar-refractivity contribution is 5.85. The molecule has 0 fully saturated rings. The quantitative estimate of drug-likeness (QED) is 0.468. The Hall–Kier alpha value is -0.980. The third kappa shape index (κ3) is 2.26. The first-order chi connectivity index (χ1) is 5.27. The fraction of sp³-hybridized carbons (Fsp3) is 0.375. The van der Waals surface area contributed by atoms with Crippen LogP contribution in [0.15, 0.2) is 11.6 Å². The van der Waals surface area contributed by atoms with Gasteiger partial charge in [0.2, 0.25) is 0 Å². The van der Waals surface area contributed by atoms with E-state index in [1.807, 2.05) is 0 Å². The number of nitrogens with one attached hydrogen (secondary N) is 1. The van der Waals surface area contributed by atoms with Crippen LogP contribution < -0.4 is 5.32 Å². The fourth-order valence-corrected chi connectivity index (χ4v) is 0.916. The van der Waals surface area contributed by atoms with Crippen molar-refractivity contribution in [3.8, 4) is 12.3 Å². The van der Waals surface area contributed by atoms with Gasteiger partial charge in [-0.2, -0.15) is 0 Å². The largest absolute Gasteiger partial charge is 0.468 e. The van der Waals surface area contributed by atoms with Crippen LogP contribution in [-0.2, 0) is 9.53 Å². The van der Waals surface area contributed by atoms with Crippen LogP contribution in [-0.4, -0.2) is 25.7 Å². The van der Waals surface area contributed by atoms with Gasteiger partial charge in [-0.15, -0.1) is 18.8 Å². The minimum Gasteiger partial charge on any atom is -0.468 e. The normalized spacial score (nSPS) is 20.3. The molecule has 12 heavy (non-hydrogen) atoms. The van der Waals surface area contributed by atoms with Gasteiger partial charge < -0.3 is 4.74 Å². The van der Waals surface area contributed by atoms with Gasteiger partial charge in [0.1, 0.15) is 6.04 Å². The zero-order valence-corrected chi connectivity index (χ0v) is 7.48. The lowest BCUT2D eigenvalue weighted by Crippen LogP contribution is -2.31. The smallest absolute Gasteiger partial charge is 0.326 e. The molecule has 0 saturated heterocycles. The standard InChI is InChI=1S/C8H9NO2.ClH/c1-3-6-4-7(9-5-6)8(10)11-2;/h1,4,7,9H,5H2,2H3;1H/t7-;/m1./s1. The Morgan fingerprint density at radius 2 is 2.58 bits per heavy atom. The molecule has 0 aliphatic carbocycles. The summed E-state index contributed by atoms with van der Waals surface area (Å²) in [5.74, 6) is 2.17. The van der Waals surface area contributed by atoms with Crippen molar-refractivity contribution in [1.82, 2.24) is 5.32 Å². The summed E-state index contributed by atoms with van der Waals surface area (Å²) < 4.78 is 4.51. The zero-order chi connectivity index (χ0) is 8.27. The Labute approximate surface area is 77.6 Å². The molecule has 0 spiro atoms. The molecule has 0 unspecified atom stereocenters. The first-order valence-corrected chi connectivity index (χ1v) is 3.26. The first kappa shape index (κ1) is 11.0. The summed E-state index contributed by atoms with van der Waals surface area (Å²) in [5.41, 5.74) is 0.806. The summed E-state index contributed by atoms with van der Waals surface area (Å²) in [6.45, 7) is 0.580. The molecule has 0 aromatic rings. The van der Waals surface area contributed by atoms with Crippen molar-refractivity contribution < 1.29 is 9.53 Å². The molecule has 1 aliphatic rings. The maximum absolute atomic E-state index is 10.9. The highest BCUT2D eigenvalue weighted by atomic mass is 35.5. The second-order valence-electron chi connectivity index (χ2n) is 2.22. The number of methoxy groups -OCH3 is 1. The van der Waals surface area contributed by atoms with Gasteiger partial charge >= 0.3 is 5.97 Å². The molecule has 0 radical (unpaired) electrons. The monoisotopic (exact) mass is 187 g/mol. The van der Waals surface area contributed by atoms with E-state index < -0.39 is 0 Å². The molecule has 0 amide bonds. The molecule has 1 N–H and O–H groups in total. The van der Waals surface area contributed by atoms with Crippen LogP contribution in [0.3, 0.4) is 0 Å². The average molecular weight is 188 g/mol. The SMILES string of the molecule is C#CC1=C[C@H](C(=O)OC)NC1.Cl. The molecule has 4 heteroatoms. The van der Waals surface area contributed by atoms with Crippen molar-refractivity contribution in [3.63, 3.8) is 0 Å². The Kier molecular flexibility index (Phi) is 4.42. The molecule has 0 aromatic carbocycles. The van der Waals surface area contributed by atoms with Crippen LogP contribution in [0, 0.1) is 12.3 Å². The average Bonchev–Trinajstić information content (AvgIpc) is 2.50. The predicted molar refractivity (Wildman–Crippen MR) is 48.0 cm³/mol. The van der Waals surface area contributed by atoms with E-state index in [2.05, 4.69) is 16.0 Å². The van der Waals surface area contributed by atoms with Crippen LogP contribution in [0.2, 0.25) is 0 Å². The van der Waals surface area contributed by atoms with Crippen LogP contribution >= 0.6 is 12.4 Å². The third-order valence-corrected chi connectivity index (χ3v) is 1.52. The van der Waals surface area contributed by atoms with E-state index in [4.69, 9.17) is 6.42 Å². The van der Waals surface area contributed by atoms with Crippen molar-refractivity contribution in [1.29, 1.82) is 0 Å². The number of carbonyl (C=O) groups excluding carboxylic acids is 1. The molecule has 1 rings (SSSR count). The van der Waals surface area contributed by atoms with E-state index >= 15 is 0 Å². The van der Waals surface area contributed by atoms with Crippen LogP contribution in [0.1, 0.15) is 0 Å². The van der Waals surface area contributed by atoms with Gasteiger partial charge in [-0.1, -0.05) is 5.92 Å². The number of rotatable bonds is 1. The zero-order valence-electron chi connectivity index (χ0n) is 6.66. The first-order valence-electron chi connectivity index (χ1n) is 3.26. The van der Waals surface area contributed by atoms with E-state index in [0.29, 0.717) is 6.54 Å². The Balaban J connectivity index is 0.00000121. The highest BCUT2D eigenvalue weighted by Crippen LogP contribution is 2.04. The van der Waals surface area contributed by atoms with E-state index in [0.717, 1.165) is 5.57 Å². The molecule has 0 aromatic heterocycles. The predicted octanol–water partition coefficient (Wildman–Crippen LogP) is 0.113.